The number of nitrogens with two attached hydrogens (primary N) is 1. The average Bonchev–Trinajstić information content (AvgIpc) is 3.77. The third kappa shape index (κ3) is 6.42. The molecule has 0 unspecified atom stereocenters. The van der Waals surface area contributed by atoms with Crippen LogP contribution < -0.4 is 16.6 Å². The van der Waals surface area contributed by atoms with Gasteiger partial charge in [0.2, 0.25) is 17.7 Å². The predicted octanol–water partition coefficient (Wildman–Crippen LogP) is 4.31. The highest BCUT2D eigenvalue weighted by Crippen LogP contribution is 2.57. The molecule has 3 aromatic carbocycles. The van der Waals surface area contributed by atoms with E-state index < -0.39 is 16.5 Å². The van der Waals surface area contributed by atoms with E-state index >= 15 is 0 Å². The van der Waals surface area contributed by atoms with E-state index in [1.807, 2.05) is 61.2 Å². The standard InChI is InChI=1S/C36H45N5O3/c1-34(2,37)19-10-16-31(42)40(4)36(24-30(36)29-18-17-27-14-8-9-15-28(27)22-29)33(44)41-21-11-20-35(25-41,32(43)39-38-3)23-26-12-6-5-7-13-26/h5-10,12-18,22,30,38H,11,19-21,23-25,37H2,1-4H3,(H,39,43)/b16-10+/t30-,35+,36-/m0/s1. The van der Waals surface area contributed by atoms with Crippen LogP contribution in [0.15, 0.2) is 84.9 Å². The number of nitrogens with zero attached hydrogens (tertiary/aromatic N) is 2. The lowest BCUT2D eigenvalue weighted by Gasteiger charge is -2.44. The number of likely N-dealkylation sites (tertiary alicyclic amines) is 1. The molecule has 2 aliphatic rings. The number of nitrogens with one attached hydrogen (secondary N) is 2. The van der Waals surface area contributed by atoms with Crippen LogP contribution in [0.1, 0.15) is 56.6 Å². The SMILES string of the molecule is CNNC(=O)[C@@]1(Cc2ccccc2)CCCN(C(=O)[C@]2(N(C)C(=O)/C=C/CC(C)(C)N)C[C@H]2c2ccc3ccccc3c2)C1. The second-order valence-electron chi connectivity index (χ2n) is 13.3. The number of hydrogen-bond acceptors (Lipinski definition) is 5. The van der Waals surface area contributed by atoms with E-state index in [9.17, 15) is 14.4 Å². The first-order valence-corrected chi connectivity index (χ1v) is 15.5. The van der Waals surface area contributed by atoms with Gasteiger partial charge in [-0.2, -0.15) is 0 Å². The summed E-state index contributed by atoms with van der Waals surface area (Å²) in [6, 6.07) is 24.4. The van der Waals surface area contributed by atoms with Crippen LogP contribution in [0.4, 0.5) is 0 Å². The summed E-state index contributed by atoms with van der Waals surface area (Å²) in [6.07, 6.45) is 6.25. The summed E-state index contributed by atoms with van der Waals surface area (Å²) >= 11 is 0. The summed E-state index contributed by atoms with van der Waals surface area (Å²) in [6.45, 7) is 4.64. The van der Waals surface area contributed by atoms with Crippen molar-refractivity contribution in [1.29, 1.82) is 0 Å². The van der Waals surface area contributed by atoms with Gasteiger partial charge in [0.25, 0.3) is 0 Å². The Hall–Kier alpha value is -4.01. The Morgan fingerprint density at radius 3 is 2.45 bits per heavy atom. The van der Waals surface area contributed by atoms with E-state index in [2.05, 4.69) is 41.2 Å². The molecular weight excluding hydrogens is 550 g/mol. The summed E-state index contributed by atoms with van der Waals surface area (Å²) in [5, 5.41) is 2.23. The summed E-state index contributed by atoms with van der Waals surface area (Å²) < 4.78 is 0. The monoisotopic (exact) mass is 595 g/mol. The van der Waals surface area contributed by atoms with Gasteiger partial charge < -0.3 is 15.5 Å². The van der Waals surface area contributed by atoms with Crippen molar-refractivity contribution in [2.45, 2.75) is 62.9 Å². The van der Waals surface area contributed by atoms with Crippen LogP contribution in [0.25, 0.3) is 10.8 Å². The van der Waals surface area contributed by atoms with Gasteiger partial charge in [0.15, 0.2) is 0 Å². The van der Waals surface area contributed by atoms with Crippen molar-refractivity contribution >= 4 is 28.5 Å². The Balaban J connectivity index is 1.48. The largest absolute Gasteiger partial charge is 0.340 e. The number of carbonyl (C=O) groups is 3. The Morgan fingerprint density at radius 2 is 1.75 bits per heavy atom. The van der Waals surface area contributed by atoms with Crippen LogP contribution in [0.2, 0.25) is 0 Å². The van der Waals surface area contributed by atoms with Gasteiger partial charge in [-0.1, -0.05) is 78.9 Å². The zero-order chi connectivity index (χ0) is 31.5. The van der Waals surface area contributed by atoms with Crippen LogP contribution in [-0.4, -0.2) is 65.8 Å². The molecule has 1 aliphatic heterocycles. The zero-order valence-corrected chi connectivity index (χ0v) is 26.3. The predicted molar refractivity (Wildman–Crippen MR) is 174 cm³/mol. The van der Waals surface area contributed by atoms with Crippen molar-refractivity contribution in [2.75, 3.05) is 27.2 Å². The fourth-order valence-electron chi connectivity index (χ4n) is 6.81. The van der Waals surface area contributed by atoms with Crippen molar-refractivity contribution < 1.29 is 14.4 Å². The van der Waals surface area contributed by atoms with Crippen LogP contribution in [0.5, 0.6) is 0 Å². The van der Waals surface area contributed by atoms with E-state index in [0.717, 1.165) is 21.9 Å². The maximum absolute atomic E-state index is 14.8. The zero-order valence-electron chi connectivity index (χ0n) is 26.3. The highest BCUT2D eigenvalue weighted by Gasteiger charge is 2.66. The summed E-state index contributed by atoms with van der Waals surface area (Å²) in [5.74, 6) is -0.627. The highest BCUT2D eigenvalue weighted by molar-refractivity contribution is 5.99. The van der Waals surface area contributed by atoms with Crippen molar-refractivity contribution in [3.05, 3.63) is 96.1 Å². The number of benzene rings is 3. The third-order valence-electron chi connectivity index (χ3n) is 9.28. The Morgan fingerprint density at radius 1 is 1.05 bits per heavy atom. The lowest BCUT2D eigenvalue weighted by Crippen LogP contribution is -2.60. The molecule has 8 heteroatoms. The maximum atomic E-state index is 14.8. The number of likely N-dealkylation sites (N-methyl/N-ethyl adjacent to an activating group) is 1. The van der Waals surface area contributed by atoms with Crippen LogP contribution >= 0.6 is 0 Å². The van der Waals surface area contributed by atoms with Gasteiger partial charge in [0, 0.05) is 38.6 Å². The molecule has 0 radical (unpaired) electrons. The third-order valence-corrected chi connectivity index (χ3v) is 9.28. The quantitative estimate of drug-likeness (QED) is 0.239. The number of piperidine rings is 1. The van der Waals surface area contributed by atoms with Gasteiger partial charge >= 0.3 is 0 Å². The fraction of sp³-hybridized carbons (Fsp3) is 0.417. The summed E-state index contributed by atoms with van der Waals surface area (Å²) in [5.41, 5.74) is 11.5. The van der Waals surface area contributed by atoms with Crippen LogP contribution in [-0.2, 0) is 20.8 Å². The Labute approximate surface area is 260 Å². The van der Waals surface area contributed by atoms with Gasteiger partial charge in [0.05, 0.1) is 5.41 Å². The fourth-order valence-corrected chi connectivity index (χ4v) is 6.81. The first-order chi connectivity index (χ1) is 21.0. The Bertz CT molecular complexity index is 1550. The molecule has 3 atom stereocenters. The molecule has 8 nitrogen and oxygen atoms in total. The Kier molecular flexibility index (Phi) is 8.95. The molecule has 4 N–H and O–H groups in total. The van der Waals surface area contributed by atoms with Crippen molar-refractivity contribution in [1.82, 2.24) is 20.7 Å². The van der Waals surface area contributed by atoms with E-state index in [-0.39, 0.29) is 30.2 Å². The lowest BCUT2D eigenvalue weighted by molar-refractivity contribution is -0.150. The maximum Gasteiger partial charge on any atom is 0.249 e. The van der Waals surface area contributed by atoms with E-state index in [4.69, 9.17) is 5.73 Å². The molecule has 3 aromatic rings. The van der Waals surface area contributed by atoms with Gasteiger partial charge in [0.1, 0.15) is 5.54 Å². The molecule has 1 saturated carbocycles. The second-order valence-corrected chi connectivity index (χ2v) is 13.3. The van der Waals surface area contributed by atoms with Crippen molar-refractivity contribution in [3.8, 4) is 0 Å². The first kappa shape index (κ1) is 31.4. The number of amides is 3. The van der Waals surface area contributed by atoms with Crippen LogP contribution in [0.3, 0.4) is 0 Å². The number of hydrazine groups is 1. The highest BCUT2D eigenvalue weighted by atomic mass is 16.2. The van der Waals surface area contributed by atoms with Gasteiger partial charge in [-0.25, -0.2) is 5.43 Å². The number of hydrogen-bond donors (Lipinski definition) is 3. The molecule has 232 valence electrons. The number of fused-ring (bicyclic) bond motifs is 1. The smallest absolute Gasteiger partial charge is 0.249 e. The van der Waals surface area contributed by atoms with Crippen molar-refractivity contribution in [3.63, 3.8) is 0 Å². The minimum atomic E-state index is -1.04. The molecule has 2 fully saturated rings. The molecule has 5 rings (SSSR count). The first-order valence-electron chi connectivity index (χ1n) is 15.5. The molecule has 3 amide bonds. The molecule has 44 heavy (non-hydrogen) atoms. The summed E-state index contributed by atoms with van der Waals surface area (Å²) in [4.78, 5) is 45.4. The van der Waals surface area contributed by atoms with E-state index in [1.54, 1.807) is 25.1 Å². The van der Waals surface area contributed by atoms with E-state index in [1.165, 1.54) is 6.08 Å². The molecule has 1 aliphatic carbocycles. The minimum Gasteiger partial charge on any atom is -0.340 e. The van der Waals surface area contributed by atoms with Gasteiger partial charge in [-0.3, -0.25) is 19.8 Å². The average molecular weight is 596 g/mol. The molecule has 1 saturated heterocycles. The minimum absolute atomic E-state index is 0.103. The normalized spacial score (nSPS) is 23.5. The second kappa shape index (κ2) is 12.5. The molecule has 1 heterocycles. The van der Waals surface area contributed by atoms with Crippen LogP contribution in [0, 0.1) is 5.41 Å². The molecule has 0 bridgehead atoms. The molecule has 0 spiro atoms. The number of carbonyl (C=O) groups excluding carboxylic acids is 3. The topological polar surface area (TPSA) is 108 Å². The molecular formula is C36H45N5O3. The van der Waals surface area contributed by atoms with Gasteiger partial charge in [-0.05, 0) is 73.9 Å². The summed E-state index contributed by atoms with van der Waals surface area (Å²) in [7, 11) is 3.40. The van der Waals surface area contributed by atoms with E-state index in [0.29, 0.717) is 38.6 Å². The number of rotatable bonds is 10. The lowest BCUT2D eigenvalue weighted by atomic mass is 9.74. The van der Waals surface area contributed by atoms with Gasteiger partial charge in [-0.15, -0.1) is 0 Å². The molecule has 0 aromatic heterocycles. The van der Waals surface area contributed by atoms with Crippen molar-refractivity contribution in [2.24, 2.45) is 11.1 Å².